The Hall–Kier alpha value is -1.68. The first-order valence-corrected chi connectivity index (χ1v) is 7.97. The second-order valence-electron chi connectivity index (χ2n) is 5.92. The van der Waals surface area contributed by atoms with Crippen molar-refractivity contribution < 1.29 is 14.7 Å². The quantitative estimate of drug-likeness (QED) is 0.710. The number of carbonyl (C=O) groups is 2. The van der Waals surface area contributed by atoms with E-state index in [9.17, 15) is 9.59 Å². The molecule has 1 N–H and O–H groups in total. The van der Waals surface area contributed by atoms with Gasteiger partial charge in [-0.2, -0.15) is 0 Å². The van der Waals surface area contributed by atoms with Gasteiger partial charge in [-0.15, -0.1) is 0 Å². The van der Waals surface area contributed by atoms with Gasteiger partial charge in [0.25, 0.3) is 0 Å². The zero-order chi connectivity index (χ0) is 16.7. The topological polar surface area (TPSA) is 57.6 Å². The van der Waals surface area contributed by atoms with Crippen molar-refractivity contribution in [2.75, 3.05) is 19.6 Å². The lowest BCUT2D eigenvalue weighted by Gasteiger charge is -2.23. The number of carboxylic acid groups (broad SMARTS) is 1. The standard InChI is InChI=1S/C18H27NO3/c1-5-19(6-2)12-16(11-17(20)21)18(22)15-9-7-14(8-10-15)13(3)4/h7-10,13,16H,5-6,11-12H2,1-4H3,(H,20,21). The van der Waals surface area contributed by atoms with Crippen molar-refractivity contribution >= 4 is 11.8 Å². The highest BCUT2D eigenvalue weighted by Crippen LogP contribution is 2.19. The molecule has 1 unspecified atom stereocenters. The highest BCUT2D eigenvalue weighted by Gasteiger charge is 2.24. The van der Waals surface area contributed by atoms with E-state index in [2.05, 4.69) is 18.7 Å². The monoisotopic (exact) mass is 305 g/mol. The van der Waals surface area contributed by atoms with Gasteiger partial charge in [0.05, 0.1) is 6.42 Å². The smallest absolute Gasteiger partial charge is 0.304 e. The van der Waals surface area contributed by atoms with E-state index < -0.39 is 11.9 Å². The van der Waals surface area contributed by atoms with Gasteiger partial charge in [0, 0.05) is 18.0 Å². The molecule has 4 heteroatoms. The van der Waals surface area contributed by atoms with Gasteiger partial charge in [-0.25, -0.2) is 0 Å². The third-order valence-corrected chi connectivity index (χ3v) is 4.03. The molecule has 0 aromatic heterocycles. The summed E-state index contributed by atoms with van der Waals surface area (Å²) >= 11 is 0. The molecule has 1 atom stereocenters. The van der Waals surface area contributed by atoms with Crippen molar-refractivity contribution in [3.63, 3.8) is 0 Å². The summed E-state index contributed by atoms with van der Waals surface area (Å²) < 4.78 is 0. The summed E-state index contributed by atoms with van der Waals surface area (Å²) in [6.45, 7) is 10.4. The van der Waals surface area contributed by atoms with Gasteiger partial charge < -0.3 is 10.0 Å². The molecular weight excluding hydrogens is 278 g/mol. The van der Waals surface area contributed by atoms with Crippen LogP contribution in [0.2, 0.25) is 0 Å². The molecule has 22 heavy (non-hydrogen) atoms. The van der Waals surface area contributed by atoms with Gasteiger partial charge in [0.1, 0.15) is 0 Å². The fraction of sp³-hybridized carbons (Fsp3) is 0.556. The number of Topliss-reactive ketones (excluding diaryl/α,β-unsaturated/α-hetero) is 1. The van der Waals surface area contributed by atoms with Crippen LogP contribution < -0.4 is 0 Å². The van der Waals surface area contributed by atoms with Gasteiger partial charge in [-0.3, -0.25) is 9.59 Å². The predicted molar refractivity (Wildman–Crippen MR) is 88.4 cm³/mol. The molecule has 0 radical (unpaired) electrons. The summed E-state index contributed by atoms with van der Waals surface area (Å²) in [6, 6.07) is 7.53. The minimum absolute atomic E-state index is 0.0791. The van der Waals surface area contributed by atoms with Crippen LogP contribution >= 0.6 is 0 Å². The van der Waals surface area contributed by atoms with Gasteiger partial charge in [0.15, 0.2) is 5.78 Å². The molecule has 0 amide bonds. The Kier molecular flexibility index (Phi) is 7.25. The molecule has 4 nitrogen and oxygen atoms in total. The van der Waals surface area contributed by atoms with Gasteiger partial charge in [0.2, 0.25) is 0 Å². The number of nitrogens with zero attached hydrogens (tertiary/aromatic N) is 1. The van der Waals surface area contributed by atoms with Crippen LogP contribution in [-0.4, -0.2) is 41.4 Å². The molecule has 0 saturated carbocycles. The van der Waals surface area contributed by atoms with Crippen LogP contribution in [0.1, 0.15) is 56.0 Å². The van der Waals surface area contributed by atoms with Gasteiger partial charge in [-0.1, -0.05) is 52.0 Å². The number of ketones is 1. The first-order valence-electron chi connectivity index (χ1n) is 7.97. The Morgan fingerprint density at radius 1 is 1.09 bits per heavy atom. The van der Waals surface area contributed by atoms with Crippen LogP contribution in [0.3, 0.4) is 0 Å². The molecule has 1 rings (SSSR count). The predicted octanol–water partition coefficient (Wildman–Crippen LogP) is 3.43. The summed E-state index contributed by atoms with van der Waals surface area (Å²) in [5.74, 6) is -1.09. The van der Waals surface area contributed by atoms with E-state index in [1.807, 2.05) is 38.1 Å². The zero-order valence-electron chi connectivity index (χ0n) is 14.0. The Morgan fingerprint density at radius 3 is 2.05 bits per heavy atom. The molecule has 0 aliphatic heterocycles. The summed E-state index contributed by atoms with van der Waals surface area (Å²) in [5.41, 5.74) is 1.78. The van der Waals surface area contributed by atoms with E-state index >= 15 is 0 Å². The van der Waals surface area contributed by atoms with E-state index in [0.717, 1.165) is 13.1 Å². The maximum absolute atomic E-state index is 12.6. The SMILES string of the molecule is CCN(CC)CC(CC(=O)O)C(=O)c1ccc(C(C)C)cc1. The second kappa shape index (κ2) is 8.69. The molecule has 0 bridgehead atoms. The average molecular weight is 305 g/mol. The maximum Gasteiger partial charge on any atom is 0.304 e. The molecule has 122 valence electrons. The van der Waals surface area contributed by atoms with Crippen LogP contribution in [-0.2, 0) is 4.79 Å². The van der Waals surface area contributed by atoms with Crippen LogP contribution in [0.25, 0.3) is 0 Å². The Morgan fingerprint density at radius 2 is 1.64 bits per heavy atom. The summed E-state index contributed by atoms with van der Waals surface area (Å²) in [7, 11) is 0. The molecule has 1 aromatic rings. The Balaban J connectivity index is 2.92. The molecular formula is C18H27NO3. The molecule has 0 fully saturated rings. The zero-order valence-corrected chi connectivity index (χ0v) is 14.0. The Bertz CT molecular complexity index is 490. The largest absolute Gasteiger partial charge is 0.481 e. The van der Waals surface area contributed by atoms with Crippen molar-refractivity contribution in [1.29, 1.82) is 0 Å². The lowest BCUT2D eigenvalue weighted by Crippen LogP contribution is -2.34. The average Bonchev–Trinajstić information content (AvgIpc) is 2.50. The van der Waals surface area contributed by atoms with Crippen molar-refractivity contribution in [1.82, 2.24) is 4.90 Å². The maximum atomic E-state index is 12.6. The van der Waals surface area contributed by atoms with Crippen LogP contribution in [0.5, 0.6) is 0 Å². The van der Waals surface area contributed by atoms with E-state index in [1.165, 1.54) is 5.56 Å². The molecule has 0 aliphatic carbocycles. The summed E-state index contributed by atoms with van der Waals surface area (Å²) in [6.07, 6.45) is -0.124. The lowest BCUT2D eigenvalue weighted by molar-refractivity contribution is -0.137. The number of benzene rings is 1. The highest BCUT2D eigenvalue weighted by molar-refractivity contribution is 5.99. The number of aliphatic carboxylic acids is 1. The first-order chi connectivity index (χ1) is 10.4. The van der Waals surface area contributed by atoms with Crippen LogP contribution in [0, 0.1) is 5.92 Å². The molecule has 0 heterocycles. The summed E-state index contributed by atoms with van der Waals surface area (Å²) in [5, 5.41) is 9.08. The molecule has 0 aliphatic rings. The molecule has 1 aromatic carbocycles. The normalized spacial score (nSPS) is 12.6. The van der Waals surface area contributed by atoms with Crippen molar-refractivity contribution in [3.8, 4) is 0 Å². The van der Waals surface area contributed by atoms with E-state index in [-0.39, 0.29) is 12.2 Å². The van der Waals surface area contributed by atoms with E-state index in [0.29, 0.717) is 18.0 Å². The van der Waals surface area contributed by atoms with E-state index in [1.54, 1.807) is 0 Å². The minimum Gasteiger partial charge on any atom is -0.481 e. The molecule has 0 saturated heterocycles. The van der Waals surface area contributed by atoms with Crippen molar-refractivity contribution in [2.45, 2.75) is 40.0 Å². The number of carbonyl (C=O) groups excluding carboxylic acids is 1. The third kappa shape index (κ3) is 5.26. The highest BCUT2D eigenvalue weighted by atomic mass is 16.4. The second-order valence-corrected chi connectivity index (χ2v) is 5.92. The number of hydrogen-bond acceptors (Lipinski definition) is 3. The number of hydrogen-bond donors (Lipinski definition) is 1. The fourth-order valence-corrected chi connectivity index (χ4v) is 2.51. The fourth-order valence-electron chi connectivity index (χ4n) is 2.51. The first kappa shape index (κ1) is 18.4. The van der Waals surface area contributed by atoms with Gasteiger partial charge >= 0.3 is 5.97 Å². The van der Waals surface area contributed by atoms with E-state index in [4.69, 9.17) is 5.11 Å². The molecule has 0 spiro atoms. The summed E-state index contributed by atoms with van der Waals surface area (Å²) in [4.78, 5) is 25.8. The van der Waals surface area contributed by atoms with Crippen LogP contribution in [0.15, 0.2) is 24.3 Å². The number of carboxylic acids is 1. The van der Waals surface area contributed by atoms with Crippen molar-refractivity contribution in [2.24, 2.45) is 5.92 Å². The van der Waals surface area contributed by atoms with Crippen molar-refractivity contribution in [3.05, 3.63) is 35.4 Å². The number of rotatable bonds is 9. The Labute approximate surface area is 133 Å². The third-order valence-electron chi connectivity index (χ3n) is 4.03. The van der Waals surface area contributed by atoms with Crippen LogP contribution in [0.4, 0.5) is 0 Å². The lowest BCUT2D eigenvalue weighted by atomic mass is 9.92. The van der Waals surface area contributed by atoms with Gasteiger partial charge in [-0.05, 0) is 24.6 Å². The minimum atomic E-state index is -0.927.